The van der Waals surface area contributed by atoms with Gasteiger partial charge in [0.15, 0.2) is 0 Å². The fraction of sp³-hybridized carbons (Fsp3) is 0.308. The van der Waals surface area contributed by atoms with E-state index < -0.39 is 6.10 Å². The fourth-order valence-corrected chi connectivity index (χ4v) is 3.33. The van der Waals surface area contributed by atoms with Crippen LogP contribution in [0.1, 0.15) is 43.1 Å². The van der Waals surface area contributed by atoms with Gasteiger partial charge in [-0.05, 0) is 42.2 Å². The molecule has 3 aromatic carbocycles. The van der Waals surface area contributed by atoms with Crippen LogP contribution in [0.2, 0.25) is 0 Å². The number of hydrogen-bond acceptors (Lipinski definition) is 3. The average molecular weight is 426 g/mol. The summed E-state index contributed by atoms with van der Waals surface area (Å²) in [7, 11) is 0. The van der Waals surface area contributed by atoms with Crippen molar-refractivity contribution < 1.29 is 9.84 Å². The van der Waals surface area contributed by atoms with Crippen molar-refractivity contribution >= 4 is 12.4 Å². The molecule has 30 heavy (non-hydrogen) atoms. The van der Waals surface area contributed by atoms with Gasteiger partial charge in [0.2, 0.25) is 0 Å². The lowest BCUT2D eigenvalue weighted by atomic mass is 10.1. The summed E-state index contributed by atoms with van der Waals surface area (Å²) in [5.74, 6) is 0.813. The quantitative estimate of drug-likeness (QED) is 0.431. The van der Waals surface area contributed by atoms with E-state index in [0.29, 0.717) is 6.54 Å². The zero-order valence-electron chi connectivity index (χ0n) is 17.8. The maximum Gasteiger partial charge on any atom is 0.120 e. The van der Waals surface area contributed by atoms with Gasteiger partial charge in [-0.3, -0.25) is 4.90 Å². The van der Waals surface area contributed by atoms with Crippen LogP contribution >= 0.6 is 12.4 Å². The summed E-state index contributed by atoms with van der Waals surface area (Å²) in [6.45, 7) is 6.29. The van der Waals surface area contributed by atoms with Crippen LogP contribution in [-0.4, -0.2) is 22.7 Å². The molecular weight excluding hydrogens is 394 g/mol. The standard InChI is InChI=1S/C26H31NO2.ClH/c1-3-21(2)29-25-16-10-15-24(17-25)26(28)20-27(18-22-11-6-4-7-12-22)19-23-13-8-5-9-14-23;/h4-17,21,26,28H,3,18-20H2,1-2H3;1H/t21?,26-;/m1./s1. The van der Waals surface area contributed by atoms with Gasteiger partial charge in [0.25, 0.3) is 0 Å². The van der Waals surface area contributed by atoms with Crippen molar-refractivity contribution in [3.8, 4) is 5.75 Å². The van der Waals surface area contributed by atoms with E-state index in [-0.39, 0.29) is 18.5 Å². The Morgan fingerprint density at radius 2 is 1.40 bits per heavy atom. The average Bonchev–Trinajstić information content (AvgIpc) is 2.75. The minimum Gasteiger partial charge on any atom is -0.491 e. The molecule has 160 valence electrons. The van der Waals surface area contributed by atoms with Crippen molar-refractivity contribution in [2.75, 3.05) is 6.54 Å². The fourth-order valence-electron chi connectivity index (χ4n) is 3.33. The largest absolute Gasteiger partial charge is 0.491 e. The lowest BCUT2D eigenvalue weighted by molar-refractivity contribution is 0.104. The Kier molecular flexibility index (Phi) is 9.88. The Bertz CT molecular complexity index is 816. The van der Waals surface area contributed by atoms with Crippen molar-refractivity contribution in [1.82, 2.24) is 4.90 Å². The highest BCUT2D eigenvalue weighted by Gasteiger charge is 2.16. The maximum absolute atomic E-state index is 11.0. The zero-order chi connectivity index (χ0) is 20.5. The molecule has 0 saturated heterocycles. The van der Waals surface area contributed by atoms with Gasteiger partial charge in [0.1, 0.15) is 5.75 Å². The molecule has 3 nitrogen and oxygen atoms in total. The van der Waals surface area contributed by atoms with Gasteiger partial charge in [-0.15, -0.1) is 12.4 Å². The van der Waals surface area contributed by atoms with Crippen LogP contribution < -0.4 is 4.74 Å². The van der Waals surface area contributed by atoms with Crippen molar-refractivity contribution in [2.45, 2.75) is 45.6 Å². The lowest BCUT2D eigenvalue weighted by Crippen LogP contribution is -2.28. The van der Waals surface area contributed by atoms with E-state index >= 15 is 0 Å². The molecule has 0 heterocycles. The molecular formula is C26H32ClNO2. The summed E-state index contributed by atoms with van der Waals surface area (Å²) < 4.78 is 5.93. The molecule has 0 saturated carbocycles. The van der Waals surface area contributed by atoms with Crippen molar-refractivity contribution in [2.24, 2.45) is 0 Å². The van der Waals surface area contributed by atoms with Crippen molar-refractivity contribution in [3.05, 3.63) is 102 Å². The second kappa shape index (κ2) is 12.4. The summed E-state index contributed by atoms with van der Waals surface area (Å²) in [4.78, 5) is 2.29. The van der Waals surface area contributed by atoms with Crippen LogP contribution in [0, 0.1) is 0 Å². The number of aliphatic hydroxyl groups excluding tert-OH is 1. The number of aliphatic hydroxyl groups is 1. The van der Waals surface area contributed by atoms with Crippen LogP contribution in [-0.2, 0) is 13.1 Å². The SMILES string of the molecule is CCC(C)Oc1cccc([C@H](O)CN(Cc2ccccc2)Cc2ccccc2)c1.Cl. The molecule has 0 amide bonds. The van der Waals surface area contributed by atoms with Gasteiger partial charge < -0.3 is 9.84 Å². The molecule has 0 radical (unpaired) electrons. The molecule has 0 spiro atoms. The highest BCUT2D eigenvalue weighted by molar-refractivity contribution is 5.85. The number of rotatable bonds is 10. The Hall–Kier alpha value is -2.33. The van der Waals surface area contributed by atoms with Crippen LogP contribution in [0.3, 0.4) is 0 Å². The van der Waals surface area contributed by atoms with E-state index in [2.05, 4.69) is 67.3 Å². The van der Waals surface area contributed by atoms with Gasteiger partial charge in [-0.2, -0.15) is 0 Å². The molecule has 1 unspecified atom stereocenters. The van der Waals surface area contributed by atoms with Gasteiger partial charge in [0, 0.05) is 19.6 Å². The minimum absolute atomic E-state index is 0. The summed E-state index contributed by atoms with van der Waals surface area (Å²) in [6, 6.07) is 28.6. The molecule has 0 bridgehead atoms. The smallest absolute Gasteiger partial charge is 0.120 e. The normalized spacial score (nSPS) is 12.8. The first-order chi connectivity index (χ1) is 14.1. The number of halogens is 1. The second-order valence-corrected chi connectivity index (χ2v) is 7.57. The van der Waals surface area contributed by atoms with Crippen LogP contribution in [0.5, 0.6) is 5.75 Å². The number of nitrogens with zero attached hydrogens (tertiary/aromatic N) is 1. The maximum atomic E-state index is 11.0. The molecule has 0 fully saturated rings. The highest BCUT2D eigenvalue weighted by atomic mass is 35.5. The molecule has 1 N–H and O–H groups in total. The number of hydrogen-bond donors (Lipinski definition) is 1. The van der Waals surface area contributed by atoms with E-state index in [4.69, 9.17) is 4.74 Å². The van der Waals surface area contributed by atoms with Crippen molar-refractivity contribution in [1.29, 1.82) is 0 Å². The van der Waals surface area contributed by atoms with E-state index in [1.54, 1.807) is 0 Å². The van der Waals surface area contributed by atoms with Crippen LogP contribution in [0.4, 0.5) is 0 Å². The zero-order valence-corrected chi connectivity index (χ0v) is 18.6. The van der Waals surface area contributed by atoms with Crippen LogP contribution in [0.25, 0.3) is 0 Å². The Balaban J connectivity index is 0.00000320. The minimum atomic E-state index is -0.581. The molecule has 0 aliphatic rings. The van der Waals surface area contributed by atoms with E-state index in [1.807, 2.05) is 36.4 Å². The first kappa shape index (κ1) is 23.9. The number of ether oxygens (including phenoxy) is 1. The predicted octanol–water partition coefficient (Wildman–Crippen LogP) is 6.02. The molecule has 3 aromatic rings. The molecule has 4 heteroatoms. The van der Waals surface area contributed by atoms with E-state index in [9.17, 15) is 5.11 Å². The first-order valence-electron chi connectivity index (χ1n) is 10.4. The molecule has 0 aliphatic carbocycles. The van der Waals surface area contributed by atoms with E-state index in [1.165, 1.54) is 11.1 Å². The first-order valence-corrected chi connectivity index (χ1v) is 10.4. The third-order valence-corrected chi connectivity index (χ3v) is 5.08. The molecule has 2 atom stereocenters. The second-order valence-electron chi connectivity index (χ2n) is 7.57. The van der Waals surface area contributed by atoms with Gasteiger partial charge in [-0.1, -0.05) is 79.7 Å². The summed E-state index contributed by atoms with van der Waals surface area (Å²) >= 11 is 0. The highest BCUT2D eigenvalue weighted by Crippen LogP contribution is 2.23. The van der Waals surface area contributed by atoms with Crippen molar-refractivity contribution in [3.63, 3.8) is 0 Å². The van der Waals surface area contributed by atoms with Gasteiger partial charge in [0.05, 0.1) is 12.2 Å². The summed E-state index contributed by atoms with van der Waals surface area (Å²) in [5.41, 5.74) is 3.37. The van der Waals surface area contributed by atoms with Crippen LogP contribution in [0.15, 0.2) is 84.9 Å². The third-order valence-electron chi connectivity index (χ3n) is 5.08. The lowest BCUT2D eigenvalue weighted by Gasteiger charge is -2.26. The summed E-state index contributed by atoms with van der Waals surface area (Å²) in [5, 5.41) is 11.0. The predicted molar refractivity (Wildman–Crippen MR) is 126 cm³/mol. The molecule has 0 aliphatic heterocycles. The Morgan fingerprint density at radius 3 is 1.93 bits per heavy atom. The molecule has 3 rings (SSSR count). The third kappa shape index (κ3) is 7.49. The summed E-state index contributed by atoms with van der Waals surface area (Å²) in [6.07, 6.45) is 0.535. The number of benzene rings is 3. The monoisotopic (exact) mass is 425 g/mol. The van der Waals surface area contributed by atoms with Gasteiger partial charge >= 0.3 is 0 Å². The Morgan fingerprint density at radius 1 is 0.833 bits per heavy atom. The van der Waals surface area contributed by atoms with E-state index in [0.717, 1.165) is 30.8 Å². The topological polar surface area (TPSA) is 32.7 Å². The Labute approximate surface area is 186 Å². The van der Waals surface area contributed by atoms with Gasteiger partial charge in [-0.25, -0.2) is 0 Å². The molecule has 0 aromatic heterocycles.